The molecule has 19 heavy (non-hydrogen) atoms. The quantitative estimate of drug-likeness (QED) is 0.785. The number of thiocarbonyl (C=S) groups is 1. The summed E-state index contributed by atoms with van der Waals surface area (Å²) < 4.78 is 5.40. The third kappa shape index (κ3) is 5.89. The molecule has 6 heteroatoms. The second-order valence-electron chi connectivity index (χ2n) is 3.93. The summed E-state index contributed by atoms with van der Waals surface area (Å²) in [6.45, 7) is 3.02. The van der Waals surface area contributed by atoms with Gasteiger partial charge in [-0.15, -0.1) is 0 Å². The SMILES string of the molecule is CCN(CCC(N)=S)C(=O)COc1ccc(Cl)cc1. The zero-order valence-corrected chi connectivity index (χ0v) is 12.3. The zero-order chi connectivity index (χ0) is 14.3. The van der Waals surface area contributed by atoms with Crippen LogP contribution in [0.2, 0.25) is 5.02 Å². The lowest BCUT2D eigenvalue weighted by Crippen LogP contribution is -2.36. The number of carbonyl (C=O) groups is 1. The maximum atomic E-state index is 11.9. The predicted octanol–water partition coefficient (Wildman–Crippen LogP) is 2.24. The van der Waals surface area contributed by atoms with Crippen LogP contribution in [0.15, 0.2) is 24.3 Å². The molecule has 0 aromatic heterocycles. The highest BCUT2D eigenvalue weighted by atomic mass is 35.5. The number of ether oxygens (including phenoxy) is 1. The van der Waals surface area contributed by atoms with Crippen LogP contribution in [-0.2, 0) is 4.79 Å². The Morgan fingerprint density at radius 2 is 2.05 bits per heavy atom. The minimum Gasteiger partial charge on any atom is -0.484 e. The number of rotatable bonds is 7. The molecule has 104 valence electrons. The van der Waals surface area contributed by atoms with Crippen LogP contribution >= 0.6 is 23.8 Å². The van der Waals surface area contributed by atoms with Gasteiger partial charge in [-0.3, -0.25) is 4.79 Å². The molecule has 0 heterocycles. The Kier molecular flexibility index (Phi) is 6.59. The molecule has 1 aromatic rings. The average Bonchev–Trinajstić information content (AvgIpc) is 2.38. The predicted molar refractivity (Wildman–Crippen MR) is 80.6 cm³/mol. The lowest BCUT2D eigenvalue weighted by molar-refractivity contribution is -0.133. The number of hydrogen-bond acceptors (Lipinski definition) is 3. The molecule has 0 aliphatic rings. The highest BCUT2D eigenvalue weighted by Crippen LogP contribution is 2.15. The molecule has 0 atom stereocenters. The second kappa shape index (κ2) is 7.96. The lowest BCUT2D eigenvalue weighted by atomic mass is 10.3. The van der Waals surface area contributed by atoms with Crippen LogP contribution in [-0.4, -0.2) is 35.5 Å². The van der Waals surface area contributed by atoms with Gasteiger partial charge in [0.2, 0.25) is 0 Å². The van der Waals surface area contributed by atoms with Crippen molar-refractivity contribution in [2.75, 3.05) is 19.7 Å². The molecular formula is C13H17ClN2O2S. The number of halogens is 1. The van der Waals surface area contributed by atoms with E-state index in [9.17, 15) is 4.79 Å². The van der Waals surface area contributed by atoms with E-state index >= 15 is 0 Å². The van der Waals surface area contributed by atoms with Crippen molar-refractivity contribution in [3.8, 4) is 5.75 Å². The van der Waals surface area contributed by atoms with E-state index in [0.29, 0.717) is 35.3 Å². The molecule has 2 N–H and O–H groups in total. The molecular weight excluding hydrogens is 284 g/mol. The third-order valence-electron chi connectivity index (χ3n) is 2.54. The first-order valence-corrected chi connectivity index (χ1v) is 6.76. The molecule has 1 rings (SSSR count). The number of carbonyl (C=O) groups excluding carboxylic acids is 1. The summed E-state index contributed by atoms with van der Waals surface area (Å²) in [7, 11) is 0. The minimum atomic E-state index is -0.0892. The fourth-order valence-corrected chi connectivity index (χ4v) is 1.69. The first kappa shape index (κ1) is 15.7. The smallest absolute Gasteiger partial charge is 0.260 e. The van der Waals surface area contributed by atoms with Crippen molar-refractivity contribution >= 4 is 34.7 Å². The van der Waals surface area contributed by atoms with Crippen molar-refractivity contribution in [2.45, 2.75) is 13.3 Å². The normalized spacial score (nSPS) is 10.0. The number of amides is 1. The van der Waals surface area contributed by atoms with Crippen molar-refractivity contribution in [1.82, 2.24) is 4.90 Å². The summed E-state index contributed by atoms with van der Waals surface area (Å²) in [5.41, 5.74) is 5.42. The summed E-state index contributed by atoms with van der Waals surface area (Å²) in [5.74, 6) is 0.525. The molecule has 0 saturated carbocycles. The van der Waals surface area contributed by atoms with Crippen LogP contribution in [0.4, 0.5) is 0 Å². The highest BCUT2D eigenvalue weighted by molar-refractivity contribution is 7.80. The van der Waals surface area contributed by atoms with Gasteiger partial charge in [0.25, 0.3) is 5.91 Å². The van der Waals surface area contributed by atoms with Crippen molar-refractivity contribution in [1.29, 1.82) is 0 Å². The van der Waals surface area contributed by atoms with Crippen LogP contribution in [0.3, 0.4) is 0 Å². The van der Waals surface area contributed by atoms with Gasteiger partial charge in [0.15, 0.2) is 6.61 Å². The standard InChI is InChI=1S/C13H17ClN2O2S/c1-2-16(8-7-12(15)19)13(17)9-18-11-5-3-10(14)4-6-11/h3-6H,2,7-9H2,1H3,(H2,15,19). The Hall–Kier alpha value is -1.33. The molecule has 0 aliphatic carbocycles. The largest absolute Gasteiger partial charge is 0.484 e. The van der Waals surface area contributed by atoms with Gasteiger partial charge >= 0.3 is 0 Å². The zero-order valence-electron chi connectivity index (χ0n) is 10.8. The van der Waals surface area contributed by atoms with E-state index in [4.69, 9.17) is 34.3 Å². The summed E-state index contributed by atoms with van der Waals surface area (Å²) in [6, 6.07) is 6.87. The van der Waals surface area contributed by atoms with Gasteiger partial charge in [-0.1, -0.05) is 23.8 Å². The van der Waals surface area contributed by atoms with Crippen LogP contribution in [0.5, 0.6) is 5.75 Å². The van der Waals surface area contributed by atoms with Crippen molar-refractivity contribution in [2.24, 2.45) is 5.73 Å². The van der Waals surface area contributed by atoms with E-state index in [2.05, 4.69) is 0 Å². The Morgan fingerprint density at radius 3 is 2.58 bits per heavy atom. The van der Waals surface area contributed by atoms with Gasteiger partial charge in [-0.25, -0.2) is 0 Å². The van der Waals surface area contributed by atoms with Gasteiger partial charge in [-0.2, -0.15) is 0 Å². The molecule has 0 unspecified atom stereocenters. The van der Waals surface area contributed by atoms with E-state index in [-0.39, 0.29) is 12.5 Å². The molecule has 0 fully saturated rings. The highest BCUT2D eigenvalue weighted by Gasteiger charge is 2.12. The average molecular weight is 301 g/mol. The minimum absolute atomic E-state index is 0.00714. The number of nitrogens with two attached hydrogens (primary N) is 1. The fourth-order valence-electron chi connectivity index (χ4n) is 1.47. The third-order valence-corrected chi connectivity index (χ3v) is 2.99. The molecule has 1 amide bonds. The van der Waals surface area contributed by atoms with Crippen LogP contribution in [0.1, 0.15) is 13.3 Å². The van der Waals surface area contributed by atoms with Crippen molar-refractivity contribution in [3.63, 3.8) is 0 Å². The fraction of sp³-hybridized carbons (Fsp3) is 0.385. The van der Waals surface area contributed by atoms with Gasteiger partial charge in [0, 0.05) is 24.5 Å². The first-order valence-electron chi connectivity index (χ1n) is 5.97. The van der Waals surface area contributed by atoms with Crippen molar-refractivity contribution in [3.05, 3.63) is 29.3 Å². The van der Waals surface area contributed by atoms with Crippen LogP contribution in [0, 0.1) is 0 Å². The van der Waals surface area contributed by atoms with Gasteiger partial charge < -0.3 is 15.4 Å². The second-order valence-corrected chi connectivity index (χ2v) is 4.89. The molecule has 0 radical (unpaired) electrons. The Morgan fingerprint density at radius 1 is 1.42 bits per heavy atom. The number of benzene rings is 1. The topological polar surface area (TPSA) is 55.6 Å². The molecule has 0 aliphatic heterocycles. The maximum Gasteiger partial charge on any atom is 0.260 e. The van der Waals surface area contributed by atoms with Gasteiger partial charge in [0.1, 0.15) is 5.75 Å². The molecule has 0 spiro atoms. The number of nitrogens with zero attached hydrogens (tertiary/aromatic N) is 1. The van der Waals surface area contributed by atoms with E-state index in [1.807, 2.05) is 6.92 Å². The summed E-state index contributed by atoms with van der Waals surface area (Å²) in [4.78, 5) is 14.0. The maximum absolute atomic E-state index is 11.9. The number of hydrogen-bond donors (Lipinski definition) is 1. The molecule has 0 bridgehead atoms. The van der Waals surface area contributed by atoms with E-state index in [1.54, 1.807) is 29.2 Å². The lowest BCUT2D eigenvalue weighted by Gasteiger charge is -2.20. The summed E-state index contributed by atoms with van der Waals surface area (Å²) in [6.07, 6.45) is 0.524. The Bertz CT molecular complexity index is 437. The van der Waals surface area contributed by atoms with Gasteiger partial charge in [0.05, 0.1) is 4.99 Å². The van der Waals surface area contributed by atoms with Crippen molar-refractivity contribution < 1.29 is 9.53 Å². The monoisotopic (exact) mass is 300 g/mol. The number of likely N-dealkylation sites (N-methyl/N-ethyl adjacent to an activating group) is 1. The summed E-state index contributed by atoms with van der Waals surface area (Å²) in [5, 5.41) is 0.630. The van der Waals surface area contributed by atoms with Crippen LogP contribution < -0.4 is 10.5 Å². The van der Waals surface area contributed by atoms with E-state index in [0.717, 1.165) is 0 Å². The van der Waals surface area contributed by atoms with Crippen LogP contribution in [0.25, 0.3) is 0 Å². The molecule has 1 aromatic carbocycles. The van der Waals surface area contributed by atoms with E-state index < -0.39 is 0 Å². The molecule has 0 saturated heterocycles. The Labute approximate surface area is 123 Å². The van der Waals surface area contributed by atoms with Gasteiger partial charge in [-0.05, 0) is 31.2 Å². The van der Waals surface area contributed by atoms with E-state index in [1.165, 1.54) is 0 Å². The summed E-state index contributed by atoms with van der Waals surface area (Å²) >= 11 is 10.6. The molecule has 4 nitrogen and oxygen atoms in total. The first-order chi connectivity index (χ1) is 9.02. The Balaban J connectivity index is 2.44.